The van der Waals surface area contributed by atoms with Crippen LogP contribution in [0.3, 0.4) is 0 Å². The predicted octanol–water partition coefficient (Wildman–Crippen LogP) is 3.34. The van der Waals surface area contributed by atoms with Crippen LogP contribution in [0.5, 0.6) is 0 Å². The highest BCUT2D eigenvalue weighted by Crippen LogP contribution is 2.41. The third kappa shape index (κ3) is 6.16. The Hall–Kier alpha value is -0.200. The van der Waals surface area contributed by atoms with Crippen molar-refractivity contribution in [2.75, 3.05) is 39.6 Å². The van der Waals surface area contributed by atoms with Crippen LogP contribution in [0.25, 0.3) is 0 Å². The van der Waals surface area contributed by atoms with Crippen LogP contribution >= 0.6 is 0 Å². The average Bonchev–Trinajstić information content (AvgIpc) is 3.56. The number of ether oxygens (including phenoxy) is 5. The normalized spacial score (nSPS) is 37.8. The highest BCUT2D eigenvalue weighted by atomic mass is 16.6. The Morgan fingerprint density at radius 1 is 0.538 bits per heavy atom. The molecule has 0 bridgehead atoms. The lowest BCUT2D eigenvalue weighted by Gasteiger charge is -2.18. The Kier molecular flexibility index (Phi) is 7.23. The molecule has 0 N–H and O–H groups in total. The molecule has 2 aliphatic carbocycles. The first-order chi connectivity index (χ1) is 12.9. The molecule has 4 fully saturated rings. The van der Waals surface area contributed by atoms with Crippen LogP contribution in [0, 0.1) is 11.8 Å². The van der Waals surface area contributed by atoms with Crippen molar-refractivity contribution in [3.05, 3.63) is 0 Å². The van der Waals surface area contributed by atoms with Gasteiger partial charge in [0.25, 0.3) is 0 Å². The fourth-order valence-electron chi connectivity index (χ4n) is 4.69. The number of epoxide rings is 2. The Morgan fingerprint density at radius 3 is 1.58 bits per heavy atom. The van der Waals surface area contributed by atoms with Crippen molar-refractivity contribution in [3.63, 3.8) is 0 Å². The van der Waals surface area contributed by atoms with Crippen molar-refractivity contribution < 1.29 is 23.7 Å². The van der Waals surface area contributed by atoms with E-state index in [4.69, 9.17) is 23.7 Å². The summed E-state index contributed by atoms with van der Waals surface area (Å²) in [6.07, 6.45) is 13.4. The lowest BCUT2D eigenvalue weighted by Crippen LogP contribution is -2.16. The SMILES string of the molecule is C(COCCOCCC1CCC2OC2C1)COCCC1CCC2OC2C1. The van der Waals surface area contributed by atoms with Crippen molar-refractivity contribution in [2.24, 2.45) is 11.8 Å². The minimum Gasteiger partial charge on any atom is -0.381 e. The summed E-state index contributed by atoms with van der Waals surface area (Å²) in [5.74, 6) is 1.63. The van der Waals surface area contributed by atoms with Crippen LogP contribution in [0.4, 0.5) is 0 Å². The first kappa shape index (κ1) is 19.1. The van der Waals surface area contributed by atoms with Gasteiger partial charge in [-0.15, -0.1) is 0 Å². The first-order valence-electron chi connectivity index (χ1n) is 10.9. The van der Waals surface area contributed by atoms with Crippen molar-refractivity contribution in [1.82, 2.24) is 0 Å². The molecule has 5 nitrogen and oxygen atoms in total. The first-order valence-corrected chi connectivity index (χ1v) is 10.9. The van der Waals surface area contributed by atoms with Crippen LogP contribution in [0.1, 0.15) is 57.8 Å². The number of hydrogen-bond acceptors (Lipinski definition) is 5. The molecular weight excluding hydrogens is 332 g/mol. The number of rotatable bonds is 13. The van der Waals surface area contributed by atoms with Gasteiger partial charge in [-0.1, -0.05) is 0 Å². The molecule has 0 aromatic carbocycles. The molecule has 2 aliphatic heterocycles. The van der Waals surface area contributed by atoms with Gasteiger partial charge in [-0.05, 0) is 69.6 Å². The Morgan fingerprint density at radius 2 is 1.04 bits per heavy atom. The second-order valence-electron chi connectivity index (χ2n) is 8.55. The fourth-order valence-corrected chi connectivity index (χ4v) is 4.69. The van der Waals surface area contributed by atoms with Crippen molar-refractivity contribution in [1.29, 1.82) is 0 Å². The smallest absolute Gasteiger partial charge is 0.0844 e. The molecule has 0 aromatic heterocycles. The van der Waals surface area contributed by atoms with E-state index in [1.54, 1.807) is 0 Å². The van der Waals surface area contributed by atoms with Gasteiger partial charge in [0.1, 0.15) is 0 Å². The average molecular weight is 369 g/mol. The molecule has 2 heterocycles. The second-order valence-corrected chi connectivity index (χ2v) is 8.55. The minimum atomic E-state index is 0.585. The van der Waals surface area contributed by atoms with Crippen molar-refractivity contribution >= 4 is 0 Å². The van der Waals surface area contributed by atoms with Gasteiger partial charge in [-0.3, -0.25) is 0 Å². The molecule has 26 heavy (non-hydrogen) atoms. The molecule has 2 saturated carbocycles. The summed E-state index contributed by atoms with van der Waals surface area (Å²) in [4.78, 5) is 0. The van der Waals surface area contributed by atoms with Gasteiger partial charge in [0.15, 0.2) is 0 Å². The summed E-state index contributed by atoms with van der Waals surface area (Å²) in [5, 5.41) is 0. The van der Waals surface area contributed by atoms with Crippen LogP contribution in [-0.2, 0) is 23.7 Å². The highest BCUT2D eigenvalue weighted by Gasteiger charge is 2.44. The maximum atomic E-state index is 5.75. The molecule has 4 rings (SSSR count). The van der Waals surface area contributed by atoms with Crippen LogP contribution in [0.15, 0.2) is 0 Å². The van der Waals surface area contributed by atoms with Gasteiger partial charge in [0.05, 0.1) is 37.6 Å². The molecule has 2 saturated heterocycles. The molecule has 0 radical (unpaired) electrons. The predicted molar refractivity (Wildman–Crippen MR) is 98.3 cm³/mol. The van der Waals surface area contributed by atoms with Crippen molar-refractivity contribution in [2.45, 2.75) is 82.2 Å². The quantitative estimate of drug-likeness (QED) is 0.369. The van der Waals surface area contributed by atoms with Crippen molar-refractivity contribution in [3.8, 4) is 0 Å². The summed E-state index contributed by atoms with van der Waals surface area (Å²) in [5.41, 5.74) is 0. The zero-order valence-corrected chi connectivity index (χ0v) is 16.1. The molecule has 5 heteroatoms. The van der Waals surface area contributed by atoms with E-state index in [2.05, 4.69) is 0 Å². The third-order valence-corrected chi connectivity index (χ3v) is 6.52. The van der Waals surface area contributed by atoms with Gasteiger partial charge in [0, 0.05) is 26.4 Å². The second kappa shape index (κ2) is 9.83. The third-order valence-electron chi connectivity index (χ3n) is 6.52. The highest BCUT2D eigenvalue weighted by molar-refractivity contribution is 4.92. The Labute approximate surface area is 158 Å². The van der Waals surface area contributed by atoms with E-state index in [1.165, 1.54) is 51.4 Å². The van der Waals surface area contributed by atoms with E-state index in [9.17, 15) is 0 Å². The largest absolute Gasteiger partial charge is 0.381 e. The lowest BCUT2D eigenvalue weighted by atomic mass is 9.87. The van der Waals surface area contributed by atoms with Crippen LogP contribution < -0.4 is 0 Å². The molecular formula is C21H36O5. The minimum absolute atomic E-state index is 0.585. The summed E-state index contributed by atoms with van der Waals surface area (Å²) in [7, 11) is 0. The van der Waals surface area contributed by atoms with E-state index < -0.39 is 0 Å². The van der Waals surface area contributed by atoms with E-state index in [0.717, 1.165) is 44.7 Å². The molecule has 6 unspecified atom stereocenters. The molecule has 6 atom stereocenters. The Bertz CT molecular complexity index is 379. The van der Waals surface area contributed by atoms with Gasteiger partial charge in [-0.25, -0.2) is 0 Å². The van der Waals surface area contributed by atoms with Gasteiger partial charge in [-0.2, -0.15) is 0 Å². The molecule has 4 aliphatic rings. The Balaban J connectivity index is 0.872. The zero-order chi connectivity index (χ0) is 17.6. The molecule has 0 amide bonds. The fraction of sp³-hybridized carbons (Fsp3) is 1.00. The molecule has 0 aromatic rings. The maximum absolute atomic E-state index is 5.75. The number of hydrogen-bond donors (Lipinski definition) is 0. The van der Waals surface area contributed by atoms with E-state index in [-0.39, 0.29) is 0 Å². The lowest BCUT2D eigenvalue weighted by molar-refractivity contribution is 0.0298. The van der Waals surface area contributed by atoms with Gasteiger partial charge < -0.3 is 23.7 Å². The van der Waals surface area contributed by atoms with Crippen LogP contribution in [-0.4, -0.2) is 64.1 Å². The van der Waals surface area contributed by atoms with E-state index in [0.29, 0.717) is 37.6 Å². The summed E-state index contributed by atoms with van der Waals surface area (Å²) in [6, 6.07) is 0. The van der Waals surface area contributed by atoms with Gasteiger partial charge in [0.2, 0.25) is 0 Å². The topological polar surface area (TPSA) is 52.8 Å². The summed E-state index contributed by atoms with van der Waals surface area (Å²) >= 11 is 0. The maximum Gasteiger partial charge on any atom is 0.0844 e. The molecule has 150 valence electrons. The summed E-state index contributed by atoms with van der Waals surface area (Å²) < 4.78 is 28.2. The number of fused-ring (bicyclic) bond motifs is 2. The van der Waals surface area contributed by atoms with E-state index >= 15 is 0 Å². The van der Waals surface area contributed by atoms with E-state index in [1.807, 2.05) is 0 Å². The van der Waals surface area contributed by atoms with Gasteiger partial charge >= 0.3 is 0 Å². The standard InChI is InChI=1S/C21H36O5/c1(8-22-10-6-16-2-4-18-20(14-16)25-18)9-23-12-13-24-11-7-17-3-5-19-21(15-17)26-19/h16-21H,1-15H2. The molecule has 0 spiro atoms. The monoisotopic (exact) mass is 368 g/mol. The van der Waals surface area contributed by atoms with Crippen LogP contribution in [0.2, 0.25) is 0 Å². The zero-order valence-electron chi connectivity index (χ0n) is 16.1. The summed E-state index contributed by atoms with van der Waals surface area (Å²) in [6.45, 7) is 4.74.